The third kappa shape index (κ3) is 4.56. The number of hydrogen-bond donors (Lipinski definition) is 1. The topological polar surface area (TPSA) is 110 Å². The van der Waals surface area contributed by atoms with Crippen molar-refractivity contribution in [3.8, 4) is 17.0 Å². The number of nitrogen functional groups attached to an aromatic ring is 1. The van der Waals surface area contributed by atoms with Crippen LogP contribution < -0.4 is 15.4 Å². The lowest BCUT2D eigenvalue weighted by Gasteiger charge is -2.35. The van der Waals surface area contributed by atoms with Crippen LogP contribution in [0, 0.1) is 5.82 Å². The van der Waals surface area contributed by atoms with Gasteiger partial charge in [0.1, 0.15) is 11.6 Å². The van der Waals surface area contributed by atoms with Gasteiger partial charge in [-0.1, -0.05) is 18.2 Å². The number of amides is 1. The SMILES string of the molecule is Nc1nc(N2CCN(C(=O)COc3ccccc3)CC2)c2nc(-c3ccc(F)cc3)cnc2n1. The molecule has 5 rings (SSSR count). The van der Waals surface area contributed by atoms with E-state index in [1.165, 1.54) is 12.1 Å². The van der Waals surface area contributed by atoms with Crippen molar-refractivity contribution in [2.45, 2.75) is 0 Å². The maximum Gasteiger partial charge on any atom is 0.260 e. The Morgan fingerprint density at radius 3 is 2.44 bits per heavy atom. The molecule has 2 aromatic heterocycles. The van der Waals surface area contributed by atoms with Gasteiger partial charge in [0.2, 0.25) is 5.95 Å². The minimum Gasteiger partial charge on any atom is -0.484 e. The maximum atomic E-state index is 13.3. The second-order valence-electron chi connectivity index (χ2n) is 7.81. The summed E-state index contributed by atoms with van der Waals surface area (Å²) in [5.74, 6) is 0.922. The minimum atomic E-state index is -0.323. The number of carbonyl (C=O) groups is 1. The molecule has 9 nitrogen and oxygen atoms in total. The predicted molar refractivity (Wildman–Crippen MR) is 126 cm³/mol. The van der Waals surface area contributed by atoms with Crippen LogP contribution in [0.2, 0.25) is 0 Å². The van der Waals surface area contributed by atoms with Gasteiger partial charge in [0.15, 0.2) is 23.6 Å². The lowest BCUT2D eigenvalue weighted by atomic mass is 10.1. The van der Waals surface area contributed by atoms with E-state index in [9.17, 15) is 9.18 Å². The van der Waals surface area contributed by atoms with E-state index in [-0.39, 0.29) is 24.3 Å². The molecule has 3 heterocycles. The fourth-order valence-corrected chi connectivity index (χ4v) is 3.81. The second-order valence-corrected chi connectivity index (χ2v) is 7.81. The molecule has 4 aromatic rings. The molecule has 1 amide bonds. The number of fused-ring (bicyclic) bond motifs is 1. The van der Waals surface area contributed by atoms with E-state index in [1.807, 2.05) is 35.2 Å². The number of benzene rings is 2. The van der Waals surface area contributed by atoms with E-state index < -0.39 is 0 Å². The van der Waals surface area contributed by atoms with Crippen molar-refractivity contribution < 1.29 is 13.9 Å². The minimum absolute atomic E-state index is 0.0140. The van der Waals surface area contributed by atoms with Crippen LogP contribution >= 0.6 is 0 Å². The van der Waals surface area contributed by atoms with Gasteiger partial charge in [0, 0.05) is 31.7 Å². The van der Waals surface area contributed by atoms with E-state index in [0.717, 1.165) is 5.56 Å². The molecule has 0 aliphatic carbocycles. The number of ether oxygens (including phenoxy) is 1. The van der Waals surface area contributed by atoms with Gasteiger partial charge < -0.3 is 20.3 Å². The number of anilines is 2. The molecule has 1 saturated heterocycles. The van der Waals surface area contributed by atoms with Crippen molar-refractivity contribution in [3.05, 3.63) is 66.6 Å². The zero-order valence-electron chi connectivity index (χ0n) is 18.3. The maximum absolute atomic E-state index is 13.3. The van der Waals surface area contributed by atoms with Gasteiger partial charge in [0.05, 0.1) is 11.9 Å². The summed E-state index contributed by atoms with van der Waals surface area (Å²) in [7, 11) is 0. The van der Waals surface area contributed by atoms with Crippen molar-refractivity contribution >= 4 is 28.8 Å². The van der Waals surface area contributed by atoms with Gasteiger partial charge in [-0.25, -0.2) is 14.4 Å². The number of halogens is 1. The summed E-state index contributed by atoms with van der Waals surface area (Å²) in [5.41, 5.74) is 8.12. The van der Waals surface area contributed by atoms with Gasteiger partial charge in [-0.3, -0.25) is 4.79 Å². The molecule has 0 spiro atoms. The Bertz CT molecular complexity index is 1310. The Balaban J connectivity index is 1.32. The zero-order valence-corrected chi connectivity index (χ0v) is 18.3. The number of nitrogens with zero attached hydrogens (tertiary/aromatic N) is 6. The number of aromatic nitrogens is 4. The number of piperazine rings is 1. The van der Waals surface area contributed by atoms with Crippen molar-refractivity contribution in [1.29, 1.82) is 0 Å². The van der Waals surface area contributed by atoms with Crippen LogP contribution in [-0.4, -0.2) is 63.5 Å². The average molecular weight is 459 g/mol. The molecule has 172 valence electrons. The quantitative estimate of drug-likeness (QED) is 0.485. The van der Waals surface area contributed by atoms with Crippen molar-refractivity contribution in [2.24, 2.45) is 0 Å². The van der Waals surface area contributed by atoms with Crippen LogP contribution in [-0.2, 0) is 4.79 Å². The summed E-state index contributed by atoms with van der Waals surface area (Å²) >= 11 is 0. The highest BCUT2D eigenvalue weighted by molar-refractivity contribution is 5.86. The molecule has 1 aliphatic rings. The summed E-state index contributed by atoms with van der Waals surface area (Å²) in [6, 6.07) is 15.3. The Kier molecular flexibility index (Phi) is 5.86. The molecular formula is C24H22FN7O2. The first-order valence-electron chi connectivity index (χ1n) is 10.8. The van der Waals surface area contributed by atoms with E-state index in [4.69, 9.17) is 15.5 Å². The Morgan fingerprint density at radius 2 is 1.71 bits per heavy atom. The van der Waals surface area contributed by atoms with Crippen LogP contribution in [0.25, 0.3) is 22.4 Å². The van der Waals surface area contributed by atoms with Gasteiger partial charge in [-0.05, 0) is 36.4 Å². The van der Waals surface area contributed by atoms with Crippen LogP contribution in [0.4, 0.5) is 16.2 Å². The van der Waals surface area contributed by atoms with Crippen LogP contribution in [0.3, 0.4) is 0 Å². The van der Waals surface area contributed by atoms with Crippen molar-refractivity contribution in [2.75, 3.05) is 43.4 Å². The second kappa shape index (κ2) is 9.26. The Hall–Kier alpha value is -4.34. The molecule has 0 atom stereocenters. The number of para-hydroxylation sites is 1. The third-order valence-corrected chi connectivity index (χ3v) is 5.58. The fraction of sp³-hybridized carbons (Fsp3) is 0.208. The summed E-state index contributed by atoms with van der Waals surface area (Å²) in [6.07, 6.45) is 1.58. The molecule has 0 saturated carbocycles. The van der Waals surface area contributed by atoms with Gasteiger partial charge in [0.25, 0.3) is 5.91 Å². The highest BCUT2D eigenvalue weighted by Crippen LogP contribution is 2.26. The van der Waals surface area contributed by atoms with Gasteiger partial charge >= 0.3 is 0 Å². The summed E-state index contributed by atoms with van der Waals surface area (Å²) in [5, 5.41) is 0. The molecule has 2 N–H and O–H groups in total. The number of hydrogen-bond acceptors (Lipinski definition) is 8. The molecule has 1 aliphatic heterocycles. The fourth-order valence-electron chi connectivity index (χ4n) is 3.81. The van der Waals surface area contributed by atoms with Crippen LogP contribution in [0.15, 0.2) is 60.8 Å². The van der Waals surface area contributed by atoms with Crippen molar-refractivity contribution in [1.82, 2.24) is 24.8 Å². The monoisotopic (exact) mass is 459 g/mol. The Morgan fingerprint density at radius 1 is 0.971 bits per heavy atom. The molecule has 0 bridgehead atoms. The van der Waals surface area contributed by atoms with Crippen molar-refractivity contribution in [3.63, 3.8) is 0 Å². The number of carbonyl (C=O) groups excluding carboxylic acids is 1. The Labute approximate surface area is 195 Å². The standard InChI is InChI=1S/C24H22FN7O2/c25-17-8-6-16(7-9-17)19-14-27-22-21(28-19)23(30-24(26)29-22)32-12-10-31(11-13-32)20(33)15-34-18-4-2-1-3-5-18/h1-9,14H,10-13,15H2,(H2,26,27,29,30). The highest BCUT2D eigenvalue weighted by atomic mass is 19.1. The first kappa shape index (κ1) is 21.5. The van der Waals surface area contributed by atoms with E-state index in [2.05, 4.69) is 15.0 Å². The average Bonchev–Trinajstić information content (AvgIpc) is 2.88. The molecule has 34 heavy (non-hydrogen) atoms. The molecule has 0 radical (unpaired) electrons. The van der Waals surface area contributed by atoms with E-state index >= 15 is 0 Å². The smallest absolute Gasteiger partial charge is 0.260 e. The molecule has 1 fully saturated rings. The summed E-state index contributed by atoms with van der Waals surface area (Å²) < 4.78 is 18.9. The van der Waals surface area contributed by atoms with E-state index in [0.29, 0.717) is 54.6 Å². The zero-order chi connectivity index (χ0) is 23.5. The number of nitrogens with two attached hydrogens (primary N) is 1. The highest BCUT2D eigenvalue weighted by Gasteiger charge is 2.25. The lowest BCUT2D eigenvalue weighted by molar-refractivity contribution is -0.133. The normalized spacial score (nSPS) is 13.8. The predicted octanol–water partition coefficient (Wildman–Crippen LogP) is 2.54. The number of rotatable bonds is 5. The van der Waals surface area contributed by atoms with Crippen LogP contribution in [0.5, 0.6) is 5.75 Å². The van der Waals surface area contributed by atoms with Gasteiger partial charge in [-0.2, -0.15) is 9.97 Å². The molecular weight excluding hydrogens is 437 g/mol. The van der Waals surface area contributed by atoms with Gasteiger partial charge in [-0.15, -0.1) is 0 Å². The molecule has 2 aromatic carbocycles. The third-order valence-electron chi connectivity index (χ3n) is 5.58. The first-order valence-corrected chi connectivity index (χ1v) is 10.8. The van der Waals surface area contributed by atoms with Crippen LogP contribution in [0.1, 0.15) is 0 Å². The first-order chi connectivity index (χ1) is 16.6. The summed E-state index contributed by atoms with van der Waals surface area (Å²) in [6.45, 7) is 2.09. The molecule has 10 heteroatoms. The largest absolute Gasteiger partial charge is 0.484 e. The summed E-state index contributed by atoms with van der Waals surface area (Å²) in [4.78, 5) is 34.1. The van der Waals surface area contributed by atoms with E-state index in [1.54, 1.807) is 23.2 Å². The lowest BCUT2D eigenvalue weighted by Crippen LogP contribution is -2.50. The molecule has 0 unspecified atom stereocenters.